The minimum absolute atomic E-state index is 0.0143. The molecule has 1 saturated heterocycles. The highest BCUT2D eigenvalue weighted by molar-refractivity contribution is 7.07. The number of likely N-dealkylation sites (tertiary alicyclic amines) is 1. The summed E-state index contributed by atoms with van der Waals surface area (Å²) >= 11 is 1.09. The van der Waals surface area contributed by atoms with E-state index in [1.165, 1.54) is 11.0 Å². The highest BCUT2D eigenvalue weighted by Gasteiger charge is 2.24. The fraction of sp³-hybridized carbons (Fsp3) is 0.450. The molecular weight excluding hydrogens is 362 g/mol. The first kappa shape index (κ1) is 19.4. The Balaban J connectivity index is 1.70. The van der Waals surface area contributed by atoms with Gasteiger partial charge < -0.3 is 10.2 Å². The van der Waals surface area contributed by atoms with E-state index in [1.54, 1.807) is 24.4 Å². The third kappa shape index (κ3) is 4.30. The maximum absolute atomic E-state index is 12.8. The van der Waals surface area contributed by atoms with E-state index in [0.29, 0.717) is 11.3 Å². The van der Waals surface area contributed by atoms with Gasteiger partial charge in [0.15, 0.2) is 0 Å². The Morgan fingerprint density at radius 3 is 2.67 bits per heavy atom. The molecule has 0 bridgehead atoms. The van der Waals surface area contributed by atoms with Gasteiger partial charge in [-0.2, -0.15) is 0 Å². The number of aryl methyl sites for hydroxylation is 2. The van der Waals surface area contributed by atoms with Crippen LogP contribution < -0.4 is 10.2 Å². The Bertz CT molecular complexity index is 915. The summed E-state index contributed by atoms with van der Waals surface area (Å²) in [5.74, 6) is -0.214. The number of hydrogen-bond acceptors (Lipinski definition) is 4. The minimum atomic E-state index is -0.259. The number of carbonyl (C=O) groups is 2. The number of nitrogens with zero attached hydrogens (tertiary/aromatic N) is 2. The van der Waals surface area contributed by atoms with Crippen molar-refractivity contribution < 1.29 is 9.59 Å². The van der Waals surface area contributed by atoms with Crippen LogP contribution >= 0.6 is 11.3 Å². The van der Waals surface area contributed by atoms with Crippen LogP contribution in [0.4, 0.5) is 5.69 Å². The topological polar surface area (TPSA) is 71.4 Å². The van der Waals surface area contributed by atoms with E-state index in [-0.39, 0.29) is 29.3 Å². The van der Waals surface area contributed by atoms with Crippen molar-refractivity contribution in [2.45, 2.75) is 52.6 Å². The molecule has 1 aliphatic rings. The summed E-state index contributed by atoms with van der Waals surface area (Å²) in [5, 5.41) is 4.58. The minimum Gasteiger partial charge on any atom is -0.336 e. The van der Waals surface area contributed by atoms with E-state index in [2.05, 4.69) is 12.2 Å². The largest absolute Gasteiger partial charge is 0.336 e. The maximum atomic E-state index is 12.8. The molecule has 0 radical (unpaired) electrons. The summed E-state index contributed by atoms with van der Waals surface area (Å²) < 4.78 is 1.45. The molecule has 1 unspecified atom stereocenters. The summed E-state index contributed by atoms with van der Waals surface area (Å²) in [6.45, 7) is 6.55. The second-order valence-electron chi connectivity index (χ2n) is 7.15. The van der Waals surface area contributed by atoms with Crippen LogP contribution in [-0.2, 0) is 11.3 Å². The average molecular weight is 388 g/mol. The van der Waals surface area contributed by atoms with Gasteiger partial charge in [-0.25, -0.2) is 0 Å². The van der Waals surface area contributed by atoms with Crippen molar-refractivity contribution in [1.82, 2.24) is 9.47 Å². The average Bonchev–Trinajstić information content (AvgIpc) is 2.95. The van der Waals surface area contributed by atoms with Crippen LogP contribution in [0.5, 0.6) is 0 Å². The van der Waals surface area contributed by atoms with Gasteiger partial charge in [0.25, 0.3) is 5.91 Å². The van der Waals surface area contributed by atoms with Gasteiger partial charge in [0.2, 0.25) is 5.91 Å². The van der Waals surface area contributed by atoms with Crippen LogP contribution in [0.15, 0.2) is 28.4 Å². The van der Waals surface area contributed by atoms with E-state index >= 15 is 0 Å². The smallest absolute Gasteiger partial charge is 0.307 e. The van der Waals surface area contributed by atoms with Crippen LogP contribution in [-0.4, -0.2) is 33.9 Å². The summed E-state index contributed by atoms with van der Waals surface area (Å²) in [5.41, 5.74) is 2.90. The first-order chi connectivity index (χ1) is 12.9. The standard InChI is InChI=1S/C20H25N3O3S/c1-13-10-16(19(25)22-9-5-4-6-14(22)2)7-8-17(13)21-18(24)11-23-15(3)12-27-20(23)26/h7-8,10,12,14H,4-6,9,11H2,1-3H3,(H,21,24). The number of anilines is 1. The summed E-state index contributed by atoms with van der Waals surface area (Å²) in [4.78, 5) is 38.6. The zero-order chi connectivity index (χ0) is 19.6. The Morgan fingerprint density at radius 1 is 1.26 bits per heavy atom. The highest BCUT2D eigenvalue weighted by atomic mass is 32.1. The van der Waals surface area contributed by atoms with E-state index in [9.17, 15) is 14.4 Å². The first-order valence-corrected chi connectivity index (χ1v) is 10.1. The van der Waals surface area contributed by atoms with Gasteiger partial charge in [-0.3, -0.25) is 19.0 Å². The molecule has 144 valence electrons. The van der Waals surface area contributed by atoms with E-state index in [1.807, 2.05) is 17.9 Å². The predicted molar refractivity (Wildman–Crippen MR) is 107 cm³/mol. The van der Waals surface area contributed by atoms with Crippen molar-refractivity contribution in [2.24, 2.45) is 0 Å². The number of carbonyl (C=O) groups excluding carboxylic acids is 2. The lowest BCUT2D eigenvalue weighted by molar-refractivity contribution is -0.116. The van der Waals surface area contributed by atoms with Crippen LogP contribution in [0.2, 0.25) is 0 Å². The Morgan fingerprint density at radius 2 is 2.04 bits per heavy atom. The molecule has 7 heteroatoms. The van der Waals surface area contributed by atoms with Gasteiger partial charge in [-0.1, -0.05) is 11.3 Å². The molecule has 0 saturated carbocycles. The molecule has 0 spiro atoms. The third-order valence-electron chi connectivity index (χ3n) is 5.09. The number of nitrogens with one attached hydrogen (secondary N) is 1. The molecule has 1 atom stereocenters. The van der Waals surface area contributed by atoms with Gasteiger partial charge in [0.05, 0.1) is 0 Å². The molecule has 6 nitrogen and oxygen atoms in total. The van der Waals surface area contributed by atoms with Gasteiger partial charge in [0, 0.05) is 34.9 Å². The molecule has 1 aromatic carbocycles. The number of hydrogen-bond donors (Lipinski definition) is 1. The Hall–Kier alpha value is -2.41. The number of amides is 2. The lowest BCUT2D eigenvalue weighted by Crippen LogP contribution is -2.42. The van der Waals surface area contributed by atoms with Crippen molar-refractivity contribution in [3.63, 3.8) is 0 Å². The number of piperidine rings is 1. The number of thiazole rings is 1. The summed E-state index contributed by atoms with van der Waals surface area (Å²) in [6.07, 6.45) is 3.26. The number of benzene rings is 1. The van der Waals surface area contributed by atoms with Crippen LogP contribution in [0.25, 0.3) is 0 Å². The van der Waals surface area contributed by atoms with Crippen molar-refractivity contribution >= 4 is 28.8 Å². The van der Waals surface area contributed by atoms with Crippen molar-refractivity contribution in [3.8, 4) is 0 Å². The quantitative estimate of drug-likeness (QED) is 0.876. The van der Waals surface area contributed by atoms with E-state index in [0.717, 1.165) is 42.0 Å². The molecule has 27 heavy (non-hydrogen) atoms. The van der Waals surface area contributed by atoms with Gasteiger partial charge in [-0.15, -0.1) is 0 Å². The lowest BCUT2D eigenvalue weighted by atomic mass is 10.0. The Kier molecular flexibility index (Phi) is 5.79. The molecule has 3 rings (SSSR count). The van der Waals surface area contributed by atoms with Crippen LogP contribution in [0.3, 0.4) is 0 Å². The molecule has 1 aliphatic heterocycles. The lowest BCUT2D eigenvalue weighted by Gasteiger charge is -2.33. The first-order valence-electron chi connectivity index (χ1n) is 9.23. The molecule has 2 heterocycles. The summed E-state index contributed by atoms with van der Waals surface area (Å²) in [7, 11) is 0. The van der Waals surface area contributed by atoms with Gasteiger partial charge in [0.1, 0.15) is 6.54 Å². The van der Waals surface area contributed by atoms with Gasteiger partial charge in [-0.05, 0) is 63.8 Å². The zero-order valence-corrected chi connectivity index (χ0v) is 16.8. The molecule has 1 N–H and O–H groups in total. The summed E-state index contributed by atoms with van der Waals surface area (Å²) in [6, 6.07) is 5.60. The molecule has 2 amide bonds. The second-order valence-corrected chi connectivity index (χ2v) is 7.97. The third-order valence-corrected chi connectivity index (χ3v) is 5.97. The monoisotopic (exact) mass is 387 g/mol. The van der Waals surface area contributed by atoms with Gasteiger partial charge >= 0.3 is 4.87 Å². The van der Waals surface area contributed by atoms with Crippen molar-refractivity contribution in [3.05, 3.63) is 50.1 Å². The fourth-order valence-corrected chi connectivity index (χ4v) is 4.17. The number of aromatic nitrogens is 1. The van der Waals surface area contributed by atoms with Crippen molar-refractivity contribution in [2.75, 3.05) is 11.9 Å². The second kappa shape index (κ2) is 8.08. The highest BCUT2D eigenvalue weighted by Crippen LogP contribution is 2.22. The van der Waals surface area contributed by atoms with E-state index in [4.69, 9.17) is 0 Å². The normalized spacial score (nSPS) is 17.0. The predicted octanol–water partition coefficient (Wildman–Crippen LogP) is 3.18. The molecular formula is C20H25N3O3S. The fourth-order valence-electron chi connectivity index (χ4n) is 3.43. The van der Waals surface area contributed by atoms with Crippen LogP contribution in [0.1, 0.15) is 47.8 Å². The molecule has 1 fully saturated rings. The Labute approximate surface area is 162 Å². The van der Waals surface area contributed by atoms with Crippen LogP contribution in [0, 0.1) is 13.8 Å². The van der Waals surface area contributed by atoms with Crippen molar-refractivity contribution in [1.29, 1.82) is 0 Å². The SMILES string of the molecule is Cc1cc(C(=O)N2CCCCC2C)ccc1NC(=O)Cn1c(C)csc1=O. The molecule has 2 aromatic rings. The number of rotatable bonds is 4. The van der Waals surface area contributed by atoms with E-state index < -0.39 is 0 Å². The zero-order valence-electron chi connectivity index (χ0n) is 15.9. The molecule has 0 aliphatic carbocycles. The molecule has 1 aromatic heterocycles. The maximum Gasteiger partial charge on any atom is 0.307 e.